The predicted molar refractivity (Wildman–Crippen MR) is 151 cm³/mol. The number of hydrogen-bond acceptors (Lipinski definition) is 7. The van der Waals surface area contributed by atoms with E-state index < -0.39 is 26.7 Å². The van der Waals surface area contributed by atoms with Crippen molar-refractivity contribution in [3.63, 3.8) is 0 Å². The molecule has 0 saturated heterocycles. The number of halogens is 2. The van der Waals surface area contributed by atoms with E-state index in [-0.39, 0.29) is 44.7 Å². The van der Waals surface area contributed by atoms with Crippen LogP contribution in [0.1, 0.15) is 29.8 Å². The first-order chi connectivity index (χ1) is 18.5. The minimum atomic E-state index is -4.71. The number of nitrogens with one attached hydrogen (secondary N) is 1. The normalized spacial score (nSPS) is 11.7. The molecule has 1 amide bonds. The lowest BCUT2D eigenvalue weighted by Gasteiger charge is -2.13. The molecule has 0 radical (unpaired) electrons. The number of amides is 1. The van der Waals surface area contributed by atoms with Gasteiger partial charge in [-0.1, -0.05) is 60.5 Å². The summed E-state index contributed by atoms with van der Waals surface area (Å²) < 4.78 is 39.6. The maximum absolute atomic E-state index is 13.3. The van der Waals surface area contributed by atoms with Gasteiger partial charge in [0.25, 0.3) is 16.0 Å². The minimum absolute atomic E-state index is 0.0786. The highest BCUT2D eigenvalue weighted by Crippen LogP contribution is 2.42. The smallest absolute Gasteiger partial charge is 0.297 e. The summed E-state index contributed by atoms with van der Waals surface area (Å²) in [5.41, 5.74) is 0.0144. The van der Waals surface area contributed by atoms with E-state index in [0.717, 1.165) is 0 Å². The van der Waals surface area contributed by atoms with Gasteiger partial charge in [-0.2, -0.15) is 8.42 Å². The number of fused-ring (bicyclic) bond motifs is 1. The fourth-order valence-electron chi connectivity index (χ4n) is 3.99. The molecule has 9 nitrogen and oxygen atoms in total. The van der Waals surface area contributed by atoms with E-state index in [1.807, 2.05) is 6.92 Å². The number of hydrogen-bond donors (Lipinski definition) is 3. The van der Waals surface area contributed by atoms with Crippen LogP contribution in [0.4, 0.5) is 17.1 Å². The molecule has 4 aromatic carbocycles. The molecule has 0 spiro atoms. The van der Waals surface area contributed by atoms with Crippen LogP contribution in [0.15, 0.2) is 75.8 Å². The number of azo groups is 1. The number of ether oxygens (including phenoxy) is 1. The van der Waals surface area contributed by atoms with Gasteiger partial charge in [0.05, 0.1) is 27.9 Å². The summed E-state index contributed by atoms with van der Waals surface area (Å²) in [6.07, 6.45) is 0.270. The lowest BCUT2D eigenvalue weighted by Crippen LogP contribution is -2.13. The zero-order valence-electron chi connectivity index (χ0n) is 20.8. The highest BCUT2D eigenvalue weighted by Gasteiger charge is 2.24. The Morgan fingerprint density at radius 1 is 0.974 bits per heavy atom. The first kappa shape index (κ1) is 28.3. The van der Waals surface area contributed by atoms with Crippen molar-refractivity contribution in [1.82, 2.24) is 0 Å². The number of phenolic OH excluding ortho intramolecular Hbond substituents is 1. The Kier molecular flexibility index (Phi) is 8.41. The summed E-state index contributed by atoms with van der Waals surface area (Å²) >= 11 is 12.5. The van der Waals surface area contributed by atoms with E-state index >= 15 is 0 Å². The van der Waals surface area contributed by atoms with Gasteiger partial charge in [-0.05, 0) is 48.6 Å². The second-order valence-corrected chi connectivity index (χ2v) is 10.5. The number of aromatic hydroxyl groups is 1. The first-order valence-electron chi connectivity index (χ1n) is 11.7. The van der Waals surface area contributed by atoms with Gasteiger partial charge in [0, 0.05) is 11.5 Å². The van der Waals surface area contributed by atoms with Gasteiger partial charge in [-0.25, -0.2) is 0 Å². The summed E-state index contributed by atoms with van der Waals surface area (Å²) in [6, 6.07) is 16.0. The third kappa shape index (κ3) is 5.99. The van der Waals surface area contributed by atoms with Crippen LogP contribution in [-0.4, -0.2) is 30.6 Å². The Morgan fingerprint density at radius 3 is 2.36 bits per heavy atom. The fourth-order valence-corrected chi connectivity index (χ4v) is 5.34. The van der Waals surface area contributed by atoms with Crippen molar-refractivity contribution < 1.29 is 27.6 Å². The van der Waals surface area contributed by atoms with Crippen LogP contribution >= 0.6 is 23.2 Å². The van der Waals surface area contributed by atoms with Crippen LogP contribution in [0.3, 0.4) is 0 Å². The van der Waals surface area contributed by atoms with Gasteiger partial charge >= 0.3 is 0 Å². The van der Waals surface area contributed by atoms with Crippen molar-refractivity contribution in [2.75, 3.05) is 11.9 Å². The molecule has 0 aliphatic heterocycles. The summed E-state index contributed by atoms with van der Waals surface area (Å²) in [5.74, 6) is -0.701. The number of anilines is 1. The third-order valence-electron chi connectivity index (χ3n) is 5.79. The van der Waals surface area contributed by atoms with Crippen LogP contribution in [0.2, 0.25) is 10.0 Å². The summed E-state index contributed by atoms with van der Waals surface area (Å²) in [5, 5.41) is 23.1. The lowest BCUT2D eigenvalue weighted by atomic mass is 10.0. The Balaban J connectivity index is 1.84. The molecule has 0 atom stereocenters. The van der Waals surface area contributed by atoms with E-state index in [1.165, 1.54) is 18.2 Å². The second-order valence-electron chi connectivity index (χ2n) is 8.28. The molecule has 202 valence electrons. The zero-order valence-corrected chi connectivity index (χ0v) is 23.1. The molecular weight excluding hydrogens is 565 g/mol. The fraction of sp³-hybridized carbons (Fsp3) is 0.148. The second kappa shape index (κ2) is 11.6. The van der Waals surface area contributed by atoms with Gasteiger partial charge in [-0.3, -0.25) is 9.35 Å². The Bertz CT molecular complexity index is 1720. The molecule has 0 saturated carbocycles. The standard InChI is InChI=1S/C27H23Cl2N3O6S/c1-3-15-9-11-21(29)24(26(15)39(35,36)37)32-31-23-18-8-6-5-7-16(18)13-19(25(23)33)27(34)30-22-14-17(38-4-2)10-12-20(22)28/h5-14,33H,3-4H2,1-2H3,(H,30,34)(H,35,36,37). The molecule has 4 rings (SSSR count). The number of phenols is 1. The molecule has 0 heterocycles. The first-order valence-corrected chi connectivity index (χ1v) is 13.9. The van der Waals surface area contributed by atoms with Crippen LogP contribution in [0.5, 0.6) is 11.5 Å². The largest absolute Gasteiger partial charge is 0.505 e. The summed E-state index contributed by atoms with van der Waals surface area (Å²) in [6.45, 7) is 3.94. The SMILES string of the molecule is CCOc1ccc(Cl)c(NC(=O)c2cc3ccccc3c(N=Nc3c(Cl)ccc(CC)c3S(=O)(=O)O)c2O)c1. The van der Waals surface area contributed by atoms with Crippen molar-refractivity contribution >= 4 is 67.1 Å². The average Bonchev–Trinajstić information content (AvgIpc) is 2.89. The molecule has 4 aromatic rings. The van der Waals surface area contributed by atoms with Crippen molar-refractivity contribution in [3.8, 4) is 11.5 Å². The van der Waals surface area contributed by atoms with Crippen molar-refractivity contribution in [1.29, 1.82) is 0 Å². The third-order valence-corrected chi connectivity index (χ3v) is 7.40. The van der Waals surface area contributed by atoms with Crippen molar-refractivity contribution in [2.24, 2.45) is 10.2 Å². The van der Waals surface area contributed by atoms with Crippen molar-refractivity contribution in [2.45, 2.75) is 25.2 Å². The number of carbonyl (C=O) groups is 1. The number of rotatable bonds is 8. The molecule has 0 fully saturated rings. The van der Waals surface area contributed by atoms with E-state index in [0.29, 0.717) is 23.1 Å². The van der Waals surface area contributed by atoms with E-state index in [4.69, 9.17) is 27.9 Å². The van der Waals surface area contributed by atoms with Crippen molar-refractivity contribution in [3.05, 3.63) is 81.8 Å². The average molecular weight is 588 g/mol. The van der Waals surface area contributed by atoms with E-state index in [2.05, 4.69) is 15.5 Å². The monoisotopic (exact) mass is 587 g/mol. The van der Waals surface area contributed by atoms with E-state index in [1.54, 1.807) is 49.4 Å². The number of benzene rings is 4. The van der Waals surface area contributed by atoms with Gasteiger partial charge in [-0.15, -0.1) is 10.2 Å². The van der Waals surface area contributed by atoms with Gasteiger partial charge < -0.3 is 15.2 Å². The Hall–Kier alpha value is -3.70. The Morgan fingerprint density at radius 2 is 1.67 bits per heavy atom. The highest BCUT2D eigenvalue weighted by atomic mass is 35.5. The van der Waals surface area contributed by atoms with Gasteiger partial charge in [0.1, 0.15) is 22.0 Å². The molecule has 3 N–H and O–H groups in total. The molecule has 0 bridgehead atoms. The summed E-state index contributed by atoms with van der Waals surface area (Å²) in [4.78, 5) is 12.8. The van der Waals surface area contributed by atoms with Crippen LogP contribution in [0, 0.1) is 0 Å². The molecule has 12 heteroatoms. The Labute approximate surface area is 234 Å². The maximum Gasteiger partial charge on any atom is 0.297 e. The molecule has 0 aliphatic carbocycles. The van der Waals surface area contributed by atoms with Crippen LogP contribution < -0.4 is 10.1 Å². The number of nitrogens with zero attached hydrogens (tertiary/aromatic N) is 2. The number of aryl methyl sites for hydroxylation is 1. The summed E-state index contributed by atoms with van der Waals surface area (Å²) in [7, 11) is -4.71. The molecule has 39 heavy (non-hydrogen) atoms. The molecule has 0 aliphatic rings. The number of carbonyl (C=O) groups excluding carboxylic acids is 1. The predicted octanol–water partition coefficient (Wildman–Crippen LogP) is 7.73. The van der Waals surface area contributed by atoms with E-state index in [9.17, 15) is 22.9 Å². The molecule has 0 unspecified atom stereocenters. The van der Waals surface area contributed by atoms with Crippen LogP contribution in [0.25, 0.3) is 10.8 Å². The minimum Gasteiger partial charge on any atom is -0.505 e. The highest BCUT2D eigenvalue weighted by molar-refractivity contribution is 7.86. The maximum atomic E-state index is 13.3. The topological polar surface area (TPSA) is 138 Å². The molecule has 0 aromatic heterocycles. The van der Waals surface area contributed by atoms with Gasteiger partial charge in [0.15, 0.2) is 5.75 Å². The van der Waals surface area contributed by atoms with Gasteiger partial charge in [0.2, 0.25) is 0 Å². The lowest BCUT2D eigenvalue weighted by molar-refractivity contribution is 0.102. The van der Waals surface area contributed by atoms with Crippen LogP contribution in [-0.2, 0) is 16.5 Å². The quantitative estimate of drug-likeness (QED) is 0.142. The zero-order chi connectivity index (χ0) is 28.3. The molecular formula is C27H23Cl2N3O6S.